The van der Waals surface area contributed by atoms with Gasteiger partial charge in [-0.25, -0.2) is 0 Å². The van der Waals surface area contributed by atoms with E-state index in [2.05, 4.69) is 0 Å². The van der Waals surface area contributed by atoms with E-state index >= 15 is 0 Å². The van der Waals surface area contributed by atoms with E-state index in [9.17, 15) is 23.1 Å². The Kier molecular flexibility index (Phi) is 7.29. The largest absolute Gasteiger partial charge is 0.507 e. The summed E-state index contributed by atoms with van der Waals surface area (Å²) in [6.45, 7) is 6.15. The third kappa shape index (κ3) is 5.28. The molecule has 33 heavy (non-hydrogen) atoms. The molecular weight excluding hydrogens is 459 g/mol. The molecule has 0 radical (unpaired) electrons. The van der Waals surface area contributed by atoms with E-state index in [1.54, 1.807) is 20.9 Å². The minimum Gasteiger partial charge on any atom is -0.507 e. The summed E-state index contributed by atoms with van der Waals surface area (Å²) in [5, 5.41) is 10.7. The molecule has 9 heteroatoms. The summed E-state index contributed by atoms with van der Waals surface area (Å²) < 4.78 is 52.5. The number of nitrogens with zero attached hydrogens (tertiary/aromatic N) is 1. The van der Waals surface area contributed by atoms with E-state index in [-0.39, 0.29) is 34.6 Å². The van der Waals surface area contributed by atoms with Crippen LogP contribution in [-0.4, -0.2) is 23.6 Å². The zero-order valence-electron chi connectivity index (χ0n) is 18.8. The van der Waals surface area contributed by atoms with Crippen molar-refractivity contribution in [2.45, 2.75) is 46.3 Å². The number of fused-ring (bicyclic) bond motifs is 1. The van der Waals surface area contributed by atoms with Crippen LogP contribution in [0.25, 0.3) is 11.0 Å². The highest BCUT2D eigenvalue weighted by atomic mass is 35.5. The molecule has 0 amide bonds. The molecule has 178 valence electrons. The second-order valence-corrected chi connectivity index (χ2v) is 8.47. The zero-order chi connectivity index (χ0) is 24.5. The number of unbranched alkanes of at least 4 members (excludes halogenated alkanes) is 1. The maximum atomic E-state index is 13.9. The summed E-state index contributed by atoms with van der Waals surface area (Å²) in [7, 11) is 1.78. The van der Waals surface area contributed by atoms with Gasteiger partial charge in [-0.2, -0.15) is 13.2 Å². The summed E-state index contributed by atoms with van der Waals surface area (Å²) >= 11 is 6.13. The van der Waals surface area contributed by atoms with Gasteiger partial charge in [0.2, 0.25) is 11.2 Å². The van der Waals surface area contributed by atoms with Crippen LogP contribution in [0.2, 0.25) is 5.02 Å². The predicted molar refractivity (Wildman–Crippen MR) is 121 cm³/mol. The molecule has 1 aromatic heterocycles. The molecule has 0 atom stereocenters. The second kappa shape index (κ2) is 9.65. The Balaban J connectivity index is 2.20. The number of alkyl halides is 3. The van der Waals surface area contributed by atoms with Gasteiger partial charge in [0, 0.05) is 11.6 Å². The molecule has 3 aromatic rings. The lowest BCUT2D eigenvalue weighted by molar-refractivity contribution is -0.154. The monoisotopic (exact) mass is 483 g/mol. The van der Waals surface area contributed by atoms with Gasteiger partial charge in [-0.1, -0.05) is 24.9 Å². The van der Waals surface area contributed by atoms with Gasteiger partial charge in [0.05, 0.1) is 10.9 Å². The van der Waals surface area contributed by atoms with Crippen molar-refractivity contribution in [3.63, 3.8) is 0 Å². The maximum absolute atomic E-state index is 13.9. The number of hydrogen-bond donors (Lipinski definition) is 1. The number of hydrogen-bond acceptors (Lipinski definition) is 5. The molecular formula is C24H25ClF3NO4. The van der Waals surface area contributed by atoms with Crippen LogP contribution in [0.4, 0.5) is 13.2 Å². The van der Waals surface area contributed by atoms with Crippen LogP contribution in [0.15, 0.2) is 33.5 Å². The summed E-state index contributed by atoms with van der Waals surface area (Å²) in [5.74, 6) is -2.75. The van der Waals surface area contributed by atoms with Crippen LogP contribution in [0.1, 0.15) is 42.2 Å². The molecule has 0 spiro atoms. The van der Waals surface area contributed by atoms with Crippen LogP contribution < -0.4 is 10.2 Å². The fraction of sp³-hybridized carbons (Fsp3) is 0.375. The number of halogens is 4. The average molecular weight is 484 g/mol. The summed E-state index contributed by atoms with van der Waals surface area (Å²) in [6, 6.07) is 5.40. The first-order valence-electron chi connectivity index (χ1n) is 10.5. The average Bonchev–Trinajstić information content (AvgIpc) is 2.73. The number of phenols is 1. The molecule has 0 aliphatic carbocycles. The topological polar surface area (TPSA) is 62.9 Å². The Morgan fingerprint density at radius 2 is 1.82 bits per heavy atom. The third-order valence-electron chi connectivity index (χ3n) is 5.31. The minimum absolute atomic E-state index is 0.0323. The number of aryl methyl sites for hydroxylation is 2. The Morgan fingerprint density at radius 1 is 1.18 bits per heavy atom. The molecule has 0 bridgehead atoms. The quantitative estimate of drug-likeness (QED) is 0.400. The Morgan fingerprint density at radius 3 is 2.39 bits per heavy atom. The molecule has 1 heterocycles. The first-order valence-corrected chi connectivity index (χ1v) is 10.8. The number of aromatic hydroxyl groups is 1. The first kappa shape index (κ1) is 24.9. The van der Waals surface area contributed by atoms with Crippen molar-refractivity contribution in [3.05, 3.63) is 62.0 Å². The van der Waals surface area contributed by atoms with Crippen LogP contribution in [0.5, 0.6) is 17.2 Å². The lowest BCUT2D eigenvalue weighted by Crippen LogP contribution is -2.20. The highest BCUT2D eigenvalue weighted by molar-refractivity contribution is 6.32. The molecule has 0 saturated heterocycles. The molecule has 0 aliphatic rings. The van der Waals surface area contributed by atoms with Crippen molar-refractivity contribution in [2.75, 3.05) is 13.6 Å². The number of phenolic OH excluding ortho intramolecular Hbond substituents is 1. The van der Waals surface area contributed by atoms with Crippen LogP contribution >= 0.6 is 11.6 Å². The van der Waals surface area contributed by atoms with Gasteiger partial charge in [-0.3, -0.25) is 4.79 Å². The Labute approximate surface area is 194 Å². The molecule has 2 aromatic carbocycles. The highest BCUT2D eigenvalue weighted by Gasteiger charge is 2.41. The van der Waals surface area contributed by atoms with E-state index in [4.69, 9.17) is 20.8 Å². The van der Waals surface area contributed by atoms with Crippen molar-refractivity contribution in [1.82, 2.24) is 4.90 Å². The SMILES string of the molecule is CCCCN(C)Cc1c(O)ccc2c(=O)c(Oc3cc(C)c(Cl)c(C)c3)c(C(F)(F)F)oc12. The first-order chi connectivity index (χ1) is 15.4. The molecule has 5 nitrogen and oxygen atoms in total. The van der Waals surface area contributed by atoms with Gasteiger partial charge in [0.15, 0.2) is 0 Å². The number of rotatable bonds is 7. The Bertz CT molecular complexity index is 1210. The normalized spacial score (nSPS) is 12.0. The fourth-order valence-corrected chi connectivity index (χ4v) is 3.69. The third-order valence-corrected chi connectivity index (χ3v) is 5.90. The van der Waals surface area contributed by atoms with E-state index in [1.807, 2.05) is 11.8 Å². The smallest absolute Gasteiger partial charge is 0.453 e. The Hall–Kier alpha value is -2.71. The van der Waals surface area contributed by atoms with E-state index in [1.165, 1.54) is 24.3 Å². The van der Waals surface area contributed by atoms with E-state index in [0.717, 1.165) is 12.8 Å². The predicted octanol–water partition coefficient (Wildman–Crippen LogP) is 6.81. The number of benzene rings is 2. The minimum atomic E-state index is -5.00. The van der Waals surface area contributed by atoms with Crippen molar-refractivity contribution >= 4 is 22.6 Å². The second-order valence-electron chi connectivity index (χ2n) is 8.09. The fourth-order valence-electron chi connectivity index (χ4n) is 3.58. The summed E-state index contributed by atoms with van der Waals surface area (Å²) in [6.07, 6.45) is -3.20. The van der Waals surface area contributed by atoms with Crippen LogP contribution in [0.3, 0.4) is 0 Å². The van der Waals surface area contributed by atoms with Crippen molar-refractivity contribution in [3.8, 4) is 17.2 Å². The lowest BCUT2D eigenvalue weighted by Gasteiger charge is -2.19. The van der Waals surface area contributed by atoms with Gasteiger partial charge < -0.3 is 19.2 Å². The standard InChI is InChI=1S/C24H25ClF3NO4/c1-5-6-9-29(4)12-17-18(30)8-7-16-20(31)22(23(24(26,27)28)33-21(16)17)32-15-10-13(2)19(25)14(3)11-15/h7-8,10-11,30H,5-6,9,12H2,1-4H3. The van der Waals surface area contributed by atoms with Gasteiger partial charge in [-0.15, -0.1) is 0 Å². The zero-order valence-corrected chi connectivity index (χ0v) is 19.5. The van der Waals surface area contributed by atoms with E-state index < -0.39 is 23.1 Å². The van der Waals surface area contributed by atoms with Crippen LogP contribution in [-0.2, 0) is 12.7 Å². The molecule has 0 unspecified atom stereocenters. The van der Waals surface area contributed by atoms with E-state index in [0.29, 0.717) is 22.7 Å². The van der Waals surface area contributed by atoms with Gasteiger partial charge in [0.25, 0.3) is 5.76 Å². The van der Waals surface area contributed by atoms with Crippen molar-refractivity contribution in [1.29, 1.82) is 0 Å². The highest BCUT2D eigenvalue weighted by Crippen LogP contribution is 2.40. The molecule has 3 rings (SSSR count). The summed E-state index contributed by atoms with van der Waals surface area (Å²) in [4.78, 5) is 15.0. The number of ether oxygens (including phenoxy) is 1. The molecule has 1 N–H and O–H groups in total. The maximum Gasteiger partial charge on any atom is 0.453 e. The molecule has 0 fully saturated rings. The summed E-state index contributed by atoms with van der Waals surface area (Å²) in [5.41, 5.74) is -0.00308. The van der Waals surface area contributed by atoms with Gasteiger partial charge in [0.1, 0.15) is 17.1 Å². The molecule has 0 aliphatic heterocycles. The van der Waals surface area contributed by atoms with Crippen molar-refractivity contribution in [2.24, 2.45) is 0 Å². The van der Waals surface area contributed by atoms with Crippen molar-refractivity contribution < 1.29 is 27.4 Å². The van der Waals surface area contributed by atoms with Gasteiger partial charge >= 0.3 is 6.18 Å². The molecule has 0 saturated carbocycles. The van der Waals surface area contributed by atoms with Crippen LogP contribution in [0, 0.1) is 13.8 Å². The van der Waals surface area contributed by atoms with Gasteiger partial charge in [-0.05, 0) is 69.3 Å². The lowest BCUT2D eigenvalue weighted by atomic mass is 10.1.